The summed E-state index contributed by atoms with van der Waals surface area (Å²) < 4.78 is 9.50. The fraction of sp³-hybridized carbons (Fsp3) is 0.800. The Kier molecular flexibility index (Phi) is 8.58. The van der Waals surface area contributed by atoms with Gasteiger partial charge in [-0.2, -0.15) is 0 Å². The molecule has 0 heterocycles. The highest BCUT2D eigenvalue weighted by atomic mass is 31.2. The van der Waals surface area contributed by atoms with Crippen LogP contribution in [0.1, 0.15) is 20.8 Å². The van der Waals surface area contributed by atoms with Gasteiger partial charge in [-0.3, -0.25) is 4.79 Å². The topological polar surface area (TPSA) is 125 Å². The lowest BCUT2D eigenvalue weighted by Gasteiger charge is -2.17. The molecule has 0 saturated carbocycles. The molecule has 0 bridgehead atoms. The van der Waals surface area contributed by atoms with Gasteiger partial charge in [0.05, 0.1) is 12.0 Å². The molecule has 0 fully saturated rings. The standard InChI is InChI=1S/C10H20NO7P/c1-6(2)9(13)17-7(3)18-10(14)11-4-8(12)5-19(15)16/h6-8,12,15-16H,4-5H2,1-3H3,(H,11,14)/t7?,8-/m0/s1. The van der Waals surface area contributed by atoms with Crippen LogP contribution >= 0.6 is 8.38 Å². The van der Waals surface area contributed by atoms with Gasteiger partial charge in [-0.1, -0.05) is 13.8 Å². The highest BCUT2D eigenvalue weighted by Gasteiger charge is 2.17. The summed E-state index contributed by atoms with van der Waals surface area (Å²) in [5, 5.41) is 11.5. The molecule has 1 unspecified atom stereocenters. The zero-order chi connectivity index (χ0) is 15.0. The minimum atomic E-state index is -2.22. The Morgan fingerprint density at radius 1 is 1.21 bits per heavy atom. The maximum Gasteiger partial charge on any atom is 0.410 e. The second-order valence-electron chi connectivity index (χ2n) is 4.15. The van der Waals surface area contributed by atoms with E-state index in [1.165, 1.54) is 6.92 Å². The molecule has 19 heavy (non-hydrogen) atoms. The first kappa shape index (κ1) is 18.0. The lowest BCUT2D eigenvalue weighted by molar-refractivity contribution is -0.168. The van der Waals surface area contributed by atoms with Gasteiger partial charge in [-0.25, -0.2) is 4.79 Å². The van der Waals surface area contributed by atoms with E-state index in [1.807, 2.05) is 0 Å². The van der Waals surface area contributed by atoms with Gasteiger partial charge in [0, 0.05) is 19.6 Å². The number of rotatable bonds is 7. The van der Waals surface area contributed by atoms with E-state index in [4.69, 9.17) is 19.3 Å². The highest BCUT2D eigenvalue weighted by molar-refractivity contribution is 7.45. The lowest BCUT2D eigenvalue weighted by atomic mass is 10.2. The fourth-order valence-corrected chi connectivity index (χ4v) is 1.48. The number of alkyl carbamates (subject to hydrolysis) is 1. The van der Waals surface area contributed by atoms with Gasteiger partial charge >= 0.3 is 12.1 Å². The molecule has 0 aromatic rings. The molecule has 0 aromatic carbocycles. The van der Waals surface area contributed by atoms with Crippen LogP contribution in [0.25, 0.3) is 0 Å². The highest BCUT2D eigenvalue weighted by Crippen LogP contribution is 2.23. The van der Waals surface area contributed by atoms with Crippen molar-refractivity contribution in [2.24, 2.45) is 5.92 Å². The van der Waals surface area contributed by atoms with E-state index in [9.17, 15) is 14.7 Å². The van der Waals surface area contributed by atoms with Crippen molar-refractivity contribution in [2.45, 2.75) is 33.2 Å². The molecule has 0 spiro atoms. The number of aliphatic hydroxyl groups is 1. The molecular formula is C10H20NO7P. The van der Waals surface area contributed by atoms with Gasteiger partial charge in [-0.05, 0) is 0 Å². The molecule has 0 radical (unpaired) electrons. The van der Waals surface area contributed by atoms with Crippen molar-refractivity contribution in [3.8, 4) is 0 Å². The molecule has 0 rings (SSSR count). The third-order valence-corrected chi connectivity index (χ3v) is 2.63. The van der Waals surface area contributed by atoms with E-state index in [2.05, 4.69) is 5.32 Å². The third-order valence-electron chi connectivity index (χ3n) is 1.88. The van der Waals surface area contributed by atoms with E-state index >= 15 is 0 Å². The number of hydrogen-bond donors (Lipinski definition) is 4. The van der Waals surface area contributed by atoms with E-state index in [0.29, 0.717) is 0 Å². The summed E-state index contributed by atoms with van der Waals surface area (Å²) in [6, 6.07) is 0. The number of hydrogen-bond acceptors (Lipinski definition) is 7. The normalized spacial score (nSPS) is 14.1. The fourth-order valence-electron chi connectivity index (χ4n) is 0.970. The average Bonchev–Trinajstić information content (AvgIpc) is 2.24. The molecule has 0 saturated heterocycles. The van der Waals surface area contributed by atoms with Crippen LogP contribution in [0.5, 0.6) is 0 Å². The van der Waals surface area contributed by atoms with Crippen LogP contribution in [-0.4, -0.2) is 52.1 Å². The summed E-state index contributed by atoms with van der Waals surface area (Å²) in [5.74, 6) is -0.823. The van der Waals surface area contributed by atoms with Crippen molar-refractivity contribution in [3.63, 3.8) is 0 Å². The molecule has 0 aromatic heterocycles. The zero-order valence-corrected chi connectivity index (χ0v) is 12.0. The molecule has 8 nitrogen and oxygen atoms in total. The summed E-state index contributed by atoms with van der Waals surface area (Å²) in [6.07, 6.45) is -3.22. The molecule has 1 amide bonds. The molecule has 0 aliphatic heterocycles. The van der Waals surface area contributed by atoms with Crippen molar-refractivity contribution in [3.05, 3.63) is 0 Å². The molecule has 9 heteroatoms. The third kappa shape index (κ3) is 9.61. The molecule has 112 valence electrons. The molecule has 0 aliphatic rings. The first-order chi connectivity index (χ1) is 8.72. The van der Waals surface area contributed by atoms with Crippen LogP contribution in [0.4, 0.5) is 4.79 Å². The summed E-state index contributed by atoms with van der Waals surface area (Å²) in [5.41, 5.74) is 0. The van der Waals surface area contributed by atoms with E-state index in [-0.39, 0.29) is 18.6 Å². The molecular weight excluding hydrogens is 277 g/mol. The van der Waals surface area contributed by atoms with Crippen molar-refractivity contribution < 1.29 is 34.0 Å². The number of ether oxygens (including phenoxy) is 2. The van der Waals surface area contributed by atoms with E-state index in [1.54, 1.807) is 13.8 Å². The van der Waals surface area contributed by atoms with Gasteiger partial charge in [0.25, 0.3) is 0 Å². The minimum Gasteiger partial charge on any atom is -0.425 e. The maximum absolute atomic E-state index is 11.2. The van der Waals surface area contributed by atoms with E-state index < -0.39 is 32.8 Å². The van der Waals surface area contributed by atoms with Gasteiger partial charge in [0.15, 0.2) is 8.38 Å². The predicted molar refractivity (Wildman–Crippen MR) is 67.1 cm³/mol. The molecule has 0 aliphatic carbocycles. The molecule has 4 N–H and O–H groups in total. The first-order valence-corrected chi connectivity index (χ1v) is 7.14. The van der Waals surface area contributed by atoms with Crippen molar-refractivity contribution >= 4 is 20.4 Å². The lowest BCUT2D eigenvalue weighted by Crippen LogP contribution is -2.36. The van der Waals surface area contributed by atoms with Crippen molar-refractivity contribution in [2.75, 3.05) is 12.7 Å². The first-order valence-electron chi connectivity index (χ1n) is 5.70. The monoisotopic (exact) mass is 297 g/mol. The van der Waals surface area contributed by atoms with Crippen LogP contribution in [-0.2, 0) is 14.3 Å². The number of aliphatic hydroxyl groups excluding tert-OH is 1. The van der Waals surface area contributed by atoms with Crippen LogP contribution in [0.2, 0.25) is 0 Å². The Balaban J connectivity index is 3.88. The SMILES string of the molecule is CC(OC(=O)NC[C@H](O)CP(O)O)OC(=O)C(C)C. The number of amides is 1. The van der Waals surface area contributed by atoms with Gasteiger partial charge in [0.2, 0.25) is 6.29 Å². The average molecular weight is 297 g/mol. The van der Waals surface area contributed by atoms with Gasteiger partial charge in [0.1, 0.15) is 0 Å². The smallest absolute Gasteiger partial charge is 0.410 e. The number of nitrogens with one attached hydrogen (secondary N) is 1. The quantitative estimate of drug-likeness (QED) is 0.294. The zero-order valence-electron chi connectivity index (χ0n) is 11.1. The number of carbonyl (C=O) groups is 2. The summed E-state index contributed by atoms with van der Waals surface area (Å²) >= 11 is 0. The van der Waals surface area contributed by atoms with E-state index in [0.717, 1.165) is 0 Å². The Morgan fingerprint density at radius 2 is 1.79 bits per heavy atom. The Hall–Kier alpha value is -0.950. The second kappa shape index (κ2) is 9.03. The summed E-state index contributed by atoms with van der Waals surface area (Å²) in [7, 11) is -2.22. The van der Waals surface area contributed by atoms with Crippen LogP contribution in [0.15, 0.2) is 0 Å². The molecule has 2 atom stereocenters. The van der Waals surface area contributed by atoms with Crippen LogP contribution in [0.3, 0.4) is 0 Å². The van der Waals surface area contributed by atoms with Gasteiger partial charge in [-0.15, -0.1) is 0 Å². The number of carbonyl (C=O) groups excluding carboxylic acids is 2. The second-order valence-corrected chi connectivity index (χ2v) is 5.26. The Morgan fingerprint density at radius 3 is 2.26 bits per heavy atom. The maximum atomic E-state index is 11.2. The Bertz CT molecular complexity index is 298. The van der Waals surface area contributed by atoms with Crippen molar-refractivity contribution in [1.82, 2.24) is 5.32 Å². The van der Waals surface area contributed by atoms with Crippen LogP contribution in [0, 0.1) is 5.92 Å². The summed E-state index contributed by atoms with van der Waals surface area (Å²) in [4.78, 5) is 39.7. The van der Waals surface area contributed by atoms with Gasteiger partial charge < -0.3 is 29.7 Å². The Labute approximate surface area is 112 Å². The summed E-state index contributed by atoms with van der Waals surface area (Å²) in [6.45, 7) is 4.49. The largest absolute Gasteiger partial charge is 0.425 e. The number of esters is 1. The predicted octanol–water partition coefficient (Wildman–Crippen LogP) is -0.0848. The van der Waals surface area contributed by atoms with Crippen LogP contribution < -0.4 is 5.32 Å². The minimum absolute atomic E-state index is 0.191. The van der Waals surface area contributed by atoms with Crippen molar-refractivity contribution in [1.29, 1.82) is 0 Å².